The maximum absolute atomic E-state index is 4.34. The molecule has 1 aromatic rings. The minimum atomic E-state index is 0.882. The zero-order chi connectivity index (χ0) is 9.68. The fraction of sp³-hybridized carbons (Fsp3) is 0.364. The Labute approximate surface area is 87.7 Å². The van der Waals surface area contributed by atoms with E-state index in [0.717, 1.165) is 28.7 Å². The number of halogens is 1. The zero-order valence-electron chi connectivity index (χ0n) is 7.89. The first kappa shape index (κ1) is 10.3. The van der Waals surface area contributed by atoms with Crippen LogP contribution >= 0.6 is 15.9 Å². The molecule has 13 heavy (non-hydrogen) atoms. The molecule has 1 rings (SSSR count). The van der Waals surface area contributed by atoms with E-state index in [1.165, 1.54) is 0 Å². The highest BCUT2D eigenvalue weighted by molar-refractivity contribution is 9.09. The van der Waals surface area contributed by atoms with Crippen molar-refractivity contribution in [2.45, 2.75) is 20.3 Å². The smallest absolute Gasteiger partial charge is 0.0532 e. The van der Waals surface area contributed by atoms with Crippen LogP contribution in [-0.4, -0.2) is 10.3 Å². The summed E-state index contributed by atoms with van der Waals surface area (Å²) in [5, 5.41) is 0.929. The number of nitrogens with zero attached hydrogens (tertiary/aromatic N) is 1. The molecule has 68 valence electrons. The van der Waals surface area contributed by atoms with Crippen LogP contribution in [0, 0.1) is 25.7 Å². The van der Waals surface area contributed by atoms with Gasteiger partial charge in [-0.25, -0.2) is 0 Å². The molecule has 2 heteroatoms. The highest BCUT2D eigenvalue weighted by Crippen LogP contribution is 2.04. The Morgan fingerprint density at radius 3 is 2.77 bits per heavy atom. The summed E-state index contributed by atoms with van der Waals surface area (Å²) in [6.07, 6.45) is 0.882. The lowest BCUT2D eigenvalue weighted by molar-refractivity contribution is 1.11. The van der Waals surface area contributed by atoms with Gasteiger partial charge >= 0.3 is 0 Å². The van der Waals surface area contributed by atoms with Gasteiger partial charge in [-0.2, -0.15) is 0 Å². The van der Waals surface area contributed by atoms with E-state index in [0.29, 0.717) is 0 Å². The molecule has 0 aromatic carbocycles. The van der Waals surface area contributed by atoms with Crippen molar-refractivity contribution in [1.29, 1.82) is 0 Å². The molecule has 0 aliphatic carbocycles. The SMILES string of the molecule is Cc1ccc(C#CCCBr)c(C)n1. The summed E-state index contributed by atoms with van der Waals surface area (Å²) < 4.78 is 0. The van der Waals surface area contributed by atoms with Gasteiger partial charge in [0.2, 0.25) is 0 Å². The molecule has 0 atom stereocenters. The minimum absolute atomic E-state index is 0.882. The van der Waals surface area contributed by atoms with E-state index >= 15 is 0 Å². The molecule has 1 heterocycles. The number of pyridine rings is 1. The summed E-state index contributed by atoms with van der Waals surface area (Å²) in [7, 11) is 0. The fourth-order valence-electron chi connectivity index (χ4n) is 1.02. The molecule has 0 N–H and O–H groups in total. The molecule has 0 saturated heterocycles. The summed E-state index contributed by atoms with van der Waals surface area (Å²) in [6, 6.07) is 4.02. The highest BCUT2D eigenvalue weighted by Gasteiger charge is 1.94. The Morgan fingerprint density at radius 1 is 1.38 bits per heavy atom. The second-order valence-corrected chi connectivity index (χ2v) is 3.62. The predicted molar refractivity (Wildman–Crippen MR) is 59.0 cm³/mol. The summed E-state index contributed by atoms with van der Waals surface area (Å²) in [6.45, 7) is 3.98. The van der Waals surface area contributed by atoms with Crippen LogP contribution in [0.3, 0.4) is 0 Å². The molecular formula is C11H12BrN. The number of alkyl halides is 1. The Morgan fingerprint density at radius 2 is 2.15 bits per heavy atom. The van der Waals surface area contributed by atoms with E-state index < -0.39 is 0 Å². The van der Waals surface area contributed by atoms with Crippen LogP contribution in [0.25, 0.3) is 0 Å². The third-order valence-electron chi connectivity index (χ3n) is 1.67. The molecule has 1 nitrogen and oxygen atoms in total. The lowest BCUT2D eigenvalue weighted by Gasteiger charge is -1.97. The van der Waals surface area contributed by atoms with E-state index in [9.17, 15) is 0 Å². The van der Waals surface area contributed by atoms with E-state index in [4.69, 9.17) is 0 Å². The van der Waals surface area contributed by atoms with Gasteiger partial charge in [0, 0.05) is 23.0 Å². The van der Waals surface area contributed by atoms with Gasteiger partial charge in [-0.1, -0.05) is 27.8 Å². The summed E-state index contributed by atoms with van der Waals surface area (Å²) in [5.41, 5.74) is 3.09. The normalized spacial score (nSPS) is 9.15. The number of hydrogen-bond acceptors (Lipinski definition) is 1. The standard InChI is InChI=1S/C11H12BrN/c1-9-6-7-11(10(2)13-9)5-3-4-8-12/h6-7H,4,8H2,1-2H3. The third-order valence-corrected chi connectivity index (χ3v) is 2.06. The fourth-order valence-corrected chi connectivity index (χ4v) is 1.22. The van der Waals surface area contributed by atoms with E-state index in [-0.39, 0.29) is 0 Å². The van der Waals surface area contributed by atoms with Gasteiger partial charge in [0.1, 0.15) is 0 Å². The first-order chi connectivity index (χ1) is 6.24. The average molecular weight is 238 g/mol. The molecule has 0 saturated carbocycles. The second kappa shape index (κ2) is 5.04. The van der Waals surface area contributed by atoms with Crippen LogP contribution in [-0.2, 0) is 0 Å². The Bertz CT molecular complexity index is 347. The second-order valence-electron chi connectivity index (χ2n) is 2.83. The highest BCUT2D eigenvalue weighted by atomic mass is 79.9. The molecule has 1 aromatic heterocycles. The van der Waals surface area contributed by atoms with Gasteiger partial charge in [0.25, 0.3) is 0 Å². The molecule has 0 aliphatic rings. The van der Waals surface area contributed by atoms with E-state index in [1.54, 1.807) is 0 Å². The van der Waals surface area contributed by atoms with Crippen molar-refractivity contribution < 1.29 is 0 Å². The van der Waals surface area contributed by atoms with Crippen molar-refractivity contribution in [3.05, 3.63) is 29.1 Å². The van der Waals surface area contributed by atoms with Gasteiger partial charge in [-0.15, -0.1) is 0 Å². The molecule has 0 radical (unpaired) electrons. The topological polar surface area (TPSA) is 12.9 Å². The zero-order valence-corrected chi connectivity index (χ0v) is 9.48. The summed E-state index contributed by atoms with van der Waals surface area (Å²) in [5.74, 6) is 6.17. The average Bonchev–Trinajstić information content (AvgIpc) is 2.09. The largest absolute Gasteiger partial charge is 0.257 e. The van der Waals surface area contributed by atoms with Crippen LogP contribution in [0.1, 0.15) is 23.4 Å². The molecule has 0 amide bonds. The molecule has 0 spiro atoms. The quantitative estimate of drug-likeness (QED) is 0.541. The lowest BCUT2D eigenvalue weighted by Crippen LogP contribution is -1.89. The molecular weight excluding hydrogens is 226 g/mol. The predicted octanol–water partition coefficient (Wildman–Crippen LogP) is 2.83. The molecule has 0 fully saturated rings. The van der Waals surface area contributed by atoms with Gasteiger partial charge < -0.3 is 0 Å². The Kier molecular flexibility index (Phi) is 3.98. The molecule has 0 aliphatic heterocycles. The van der Waals surface area contributed by atoms with E-state index in [1.807, 2.05) is 26.0 Å². The number of aromatic nitrogens is 1. The lowest BCUT2D eigenvalue weighted by atomic mass is 10.2. The Hall–Kier alpha value is -0.810. The number of rotatable bonds is 1. The van der Waals surface area contributed by atoms with Crippen LogP contribution in [0.2, 0.25) is 0 Å². The first-order valence-electron chi connectivity index (χ1n) is 4.23. The van der Waals surface area contributed by atoms with Gasteiger partial charge in [-0.3, -0.25) is 4.98 Å². The Balaban J connectivity index is 2.85. The van der Waals surface area contributed by atoms with Crippen LogP contribution in [0.5, 0.6) is 0 Å². The first-order valence-corrected chi connectivity index (χ1v) is 5.35. The monoisotopic (exact) mass is 237 g/mol. The van der Waals surface area contributed by atoms with Crippen molar-refractivity contribution in [2.75, 3.05) is 5.33 Å². The van der Waals surface area contributed by atoms with Crippen LogP contribution < -0.4 is 0 Å². The van der Waals surface area contributed by atoms with Crippen molar-refractivity contribution in [1.82, 2.24) is 4.98 Å². The molecule has 0 unspecified atom stereocenters. The third kappa shape index (κ3) is 3.20. The minimum Gasteiger partial charge on any atom is -0.257 e. The maximum Gasteiger partial charge on any atom is 0.0532 e. The van der Waals surface area contributed by atoms with Crippen molar-refractivity contribution >= 4 is 15.9 Å². The van der Waals surface area contributed by atoms with Crippen molar-refractivity contribution in [3.63, 3.8) is 0 Å². The summed E-state index contributed by atoms with van der Waals surface area (Å²) >= 11 is 3.33. The van der Waals surface area contributed by atoms with E-state index in [2.05, 4.69) is 32.8 Å². The van der Waals surface area contributed by atoms with Crippen LogP contribution in [0.15, 0.2) is 12.1 Å². The summed E-state index contributed by atoms with van der Waals surface area (Å²) in [4.78, 5) is 4.34. The number of hydrogen-bond donors (Lipinski definition) is 0. The number of aryl methyl sites for hydroxylation is 2. The van der Waals surface area contributed by atoms with Crippen molar-refractivity contribution in [2.24, 2.45) is 0 Å². The van der Waals surface area contributed by atoms with Crippen molar-refractivity contribution in [3.8, 4) is 11.8 Å². The molecule has 0 bridgehead atoms. The maximum atomic E-state index is 4.34. The van der Waals surface area contributed by atoms with Gasteiger partial charge in [-0.05, 0) is 26.0 Å². The van der Waals surface area contributed by atoms with Crippen LogP contribution in [0.4, 0.5) is 0 Å². The van der Waals surface area contributed by atoms with Gasteiger partial charge in [0.05, 0.1) is 5.69 Å². The van der Waals surface area contributed by atoms with Gasteiger partial charge in [0.15, 0.2) is 0 Å².